The molecule has 0 atom stereocenters. The zero-order valence-electron chi connectivity index (χ0n) is 10.1. The molecular formula is C12H14BClO3. The van der Waals surface area contributed by atoms with Gasteiger partial charge < -0.3 is 14.0 Å². The van der Waals surface area contributed by atoms with E-state index in [9.17, 15) is 0 Å². The standard InChI is InChI=1S/C12H14BClO3/c1-8-12(2,3)17-13(16-8)9-6-5-7-10(15-4)11(9)14/h5-7H,1H2,2-4H3. The number of methoxy groups -OCH3 is 1. The summed E-state index contributed by atoms with van der Waals surface area (Å²) >= 11 is 6.22. The summed E-state index contributed by atoms with van der Waals surface area (Å²) in [7, 11) is 1.05. The minimum Gasteiger partial charge on any atom is -0.534 e. The van der Waals surface area contributed by atoms with Crippen molar-refractivity contribution in [3.63, 3.8) is 0 Å². The third-order valence-electron chi connectivity index (χ3n) is 2.79. The highest BCUT2D eigenvalue weighted by molar-refractivity contribution is 6.66. The van der Waals surface area contributed by atoms with Crippen LogP contribution in [0.3, 0.4) is 0 Å². The lowest BCUT2D eigenvalue weighted by molar-refractivity contribution is 0.173. The lowest BCUT2D eigenvalue weighted by atomic mass is 9.79. The number of rotatable bonds is 2. The van der Waals surface area contributed by atoms with Crippen LogP contribution in [0.25, 0.3) is 0 Å². The fourth-order valence-electron chi connectivity index (χ4n) is 1.62. The molecule has 1 saturated heterocycles. The van der Waals surface area contributed by atoms with Crippen LogP contribution in [0.4, 0.5) is 0 Å². The van der Waals surface area contributed by atoms with Gasteiger partial charge in [-0.3, -0.25) is 0 Å². The minimum absolute atomic E-state index is 0.503. The molecule has 3 nitrogen and oxygen atoms in total. The second-order valence-electron chi connectivity index (χ2n) is 4.36. The Labute approximate surface area is 106 Å². The average Bonchev–Trinajstić information content (AvgIpc) is 2.53. The minimum atomic E-state index is -0.528. The quantitative estimate of drug-likeness (QED) is 0.757. The lowest BCUT2D eigenvalue weighted by Crippen LogP contribution is -2.35. The summed E-state index contributed by atoms with van der Waals surface area (Å²) in [5.41, 5.74) is 0.245. The second-order valence-corrected chi connectivity index (χ2v) is 4.74. The zero-order valence-corrected chi connectivity index (χ0v) is 10.9. The largest absolute Gasteiger partial charge is 0.565 e. The maximum absolute atomic E-state index is 6.22. The first-order valence-electron chi connectivity index (χ1n) is 5.32. The van der Waals surface area contributed by atoms with Gasteiger partial charge in [0, 0.05) is 5.46 Å². The van der Waals surface area contributed by atoms with Gasteiger partial charge in [0.1, 0.15) is 11.4 Å². The average molecular weight is 253 g/mol. The number of benzene rings is 1. The van der Waals surface area contributed by atoms with Gasteiger partial charge >= 0.3 is 7.12 Å². The molecule has 0 spiro atoms. The Morgan fingerprint density at radius 2 is 2.12 bits per heavy atom. The Balaban J connectivity index is 2.34. The molecule has 0 radical (unpaired) electrons. The highest BCUT2D eigenvalue weighted by atomic mass is 35.5. The molecule has 0 unspecified atom stereocenters. The van der Waals surface area contributed by atoms with Crippen LogP contribution in [0.1, 0.15) is 13.8 Å². The Morgan fingerprint density at radius 1 is 1.41 bits per heavy atom. The third kappa shape index (κ3) is 2.15. The first kappa shape index (κ1) is 12.3. The van der Waals surface area contributed by atoms with E-state index in [1.54, 1.807) is 13.2 Å². The van der Waals surface area contributed by atoms with Crippen molar-refractivity contribution in [1.29, 1.82) is 0 Å². The van der Waals surface area contributed by atoms with Gasteiger partial charge in [-0.15, -0.1) is 0 Å². The summed E-state index contributed by atoms with van der Waals surface area (Å²) in [5, 5.41) is 0.505. The summed E-state index contributed by atoms with van der Waals surface area (Å²) in [6, 6.07) is 5.49. The van der Waals surface area contributed by atoms with Gasteiger partial charge in [-0.25, -0.2) is 0 Å². The molecule has 0 aromatic heterocycles. The summed E-state index contributed by atoms with van der Waals surface area (Å²) in [5.74, 6) is 1.20. The molecule has 17 heavy (non-hydrogen) atoms. The van der Waals surface area contributed by atoms with Gasteiger partial charge in [0.05, 0.1) is 17.9 Å². The summed E-state index contributed by atoms with van der Waals surface area (Å²) in [6.07, 6.45) is 0. The second kappa shape index (κ2) is 4.28. The maximum atomic E-state index is 6.22. The first-order valence-corrected chi connectivity index (χ1v) is 5.70. The summed E-state index contributed by atoms with van der Waals surface area (Å²) in [6.45, 7) is 7.65. The van der Waals surface area contributed by atoms with Crippen molar-refractivity contribution in [3.8, 4) is 5.75 Å². The number of ether oxygens (including phenoxy) is 1. The molecule has 1 aromatic carbocycles. The summed E-state index contributed by atoms with van der Waals surface area (Å²) in [4.78, 5) is 0. The van der Waals surface area contributed by atoms with Crippen LogP contribution < -0.4 is 10.2 Å². The van der Waals surface area contributed by atoms with Crippen LogP contribution in [0.15, 0.2) is 30.5 Å². The van der Waals surface area contributed by atoms with E-state index < -0.39 is 12.7 Å². The van der Waals surface area contributed by atoms with Crippen LogP contribution in [0.2, 0.25) is 5.02 Å². The van der Waals surface area contributed by atoms with Gasteiger partial charge in [0.25, 0.3) is 0 Å². The Bertz CT molecular complexity index is 459. The van der Waals surface area contributed by atoms with E-state index >= 15 is 0 Å². The molecule has 1 heterocycles. The molecular weight excluding hydrogens is 238 g/mol. The van der Waals surface area contributed by atoms with Crippen LogP contribution in [0, 0.1) is 0 Å². The van der Waals surface area contributed by atoms with Gasteiger partial charge in [-0.2, -0.15) is 0 Å². The van der Waals surface area contributed by atoms with Crippen molar-refractivity contribution in [2.45, 2.75) is 19.4 Å². The topological polar surface area (TPSA) is 27.7 Å². The first-order chi connectivity index (χ1) is 7.95. The molecule has 5 heteroatoms. The van der Waals surface area contributed by atoms with Gasteiger partial charge in [-0.05, 0) is 19.9 Å². The SMILES string of the molecule is C=C1OB(c2cccc(OC)c2Cl)OC1(C)C. The fraction of sp³-hybridized carbons (Fsp3) is 0.333. The van der Waals surface area contributed by atoms with Gasteiger partial charge in [0.2, 0.25) is 0 Å². The normalized spacial score (nSPS) is 18.1. The van der Waals surface area contributed by atoms with Crippen LogP contribution in [0.5, 0.6) is 5.75 Å². The lowest BCUT2D eigenvalue weighted by Gasteiger charge is -2.15. The summed E-state index contributed by atoms with van der Waals surface area (Å²) < 4.78 is 16.5. The molecule has 0 amide bonds. The predicted molar refractivity (Wildman–Crippen MR) is 68.8 cm³/mol. The van der Waals surface area contributed by atoms with Crippen LogP contribution in [-0.2, 0) is 9.31 Å². The third-order valence-corrected chi connectivity index (χ3v) is 3.19. The van der Waals surface area contributed by atoms with E-state index in [-0.39, 0.29) is 0 Å². The van der Waals surface area contributed by atoms with Crippen molar-refractivity contribution in [2.75, 3.05) is 7.11 Å². The van der Waals surface area contributed by atoms with E-state index in [4.69, 9.17) is 25.6 Å². The molecule has 2 rings (SSSR count). The smallest absolute Gasteiger partial charge is 0.534 e. The van der Waals surface area contributed by atoms with Gasteiger partial charge in [-0.1, -0.05) is 30.3 Å². The molecule has 1 aliphatic rings. The van der Waals surface area contributed by atoms with E-state index in [1.165, 1.54) is 0 Å². The molecule has 1 aromatic rings. The molecule has 1 aliphatic heterocycles. The highest BCUT2D eigenvalue weighted by Gasteiger charge is 2.44. The monoisotopic (exact) mass is 252 g/mol. The molecule has 90 valence electrons. The van der Waals surface area contributed by atoms with Crippen molar-refractivity contribution in [3.05, 3.63) is 35.6 Å². The Kier molecular flexibility index (Phi) is 3.10. The highest BCUT2D eigenvalue weighted by Crippen LogP contribution is 2.31. The maximum Gasteiger partial charge on any atom is 0.565 e. The fourth-order valence-corrected chi connectivity index (χ4v) is 1.92. The number of halogens is 1. The number of hydrogen-bond donors (Lipinski definition) is 0. The van der Waals surface area contributed by atoms with Crippen molar-refractivity contribution >= 4 is 24.2 Å². The molecule has 0 bridgehead atoms. The van der Waals surface area contributed by atoms with Gasteiger partial charge in [0.15, 0.2) is 0 Å². The molecule has 1 fully saturated rings. The van der Waals surface area contributed by atoms with Crippen molar-refractivity contribution < 1.29 is 14.0 Å². The van der Waals surface area contributed by atoms with E-state index in [0.717, 1.165) is 5.46 Å². The number of hydrogen-bond acceptors (Lipinski definition) is 3. The van der Waals surface area contributed by atoms with Crippen LogP contribution in [-0.4, -0.2) is 19.8 Å². The Hall–Kier alpha value is -1.13. The van der Waals surface area contributed by atoms with E-state index in [0.29, 0.717) is 16.5 Å². The molecule has 0 aliphatic carbocycles. The predicted octanol–water partition coefficient (Wildman–Crippen LogP) is 2.38. The Morgan fingerprint density at radius 3 is 2.65 bits per heavy atom. The molecule has 0 saturated carbocycles. The van der Waals surface area contributed by atoms with Crippen molar-refractivity contribution in [1.82, 2.24) is 0 Å². The van der Waals surface area contributed by atoms with Crippen LogP contribution >= 0.6 is 11.6 Å². The van der Waals surface area contributed by atoms with E-state index in [2.05, 4.69) is 6.58 Å². The molecule has 0 N–H and O–H groups in total. The zero-order chi connectivity index (χ0) is 12.6. The van der Waals surface area contributed by atoms with Crippen molar-refractivity contribution in [2.24, 2.45) is 0 Å². The van der Waals surface area contributed by atoms with E-state index in [1.807, 2.05) is 26.0 Å².